The van der Waals surface area contributed by atoms with Gasteiger partial charge in [-0.25, -0.2) is 0 Å². The van der Waals surface area contributed by atoms with Crippen LogP contribution in [0.15, 0.2) is 30.3 Å². The molecule has 1 aromatic carbocycles. The number of tetrazole rings is 1. The van der Waals surface area contributed by atoms with Crippen molar-refractivity contribution in [2.45, 2.75) is 0 Å². The smallest absolute Gasteiger partial charge is 0.242 e. The highest BCUT2D eigenvalue weighted by molar-refractivity contribution is 5.93. The fraction of sp³-hybridized carbons (Fsp3) is 0.111. The Kier molecular flexibility index (Phi) is 2.51. The number of nitrogens with zero attached hydrogens (tertiary/aromatic N) is 4. The van der Waals surface area contributed by atoms with Crippen molar-refractivity contribution in [2.75, 3.05) is 6.54 Å². The lowest BCUT2D eigenvalue weighted by molar-refractivity contribution is 0.0991. The Morgan fingerprint density at radius 1 is 1.33 bits per heavy atom. The van der Waals surface area contributed by atoms with E-state index in [-0.39, 0.29) is 18.2 Å². The average Bonchev–Trinajstić information content (AvgIpc) is 2.78. The van der Waals surface area contributed by atoms with Crippen LogP contribution in [0.5, 0.6) is 0 Å². The van der Waals surface area contributed by atoms with Gasteiger partial charge in [-0.15, -0.1) is 15.0 Å². The van der Waals surface area contributed by atoms with Crippen LogP contribution in [0, 0.1) is 0 Å². The van der Waals surface area contributed by atoms with Crippen molar-refractivity contribution in [3.05, 3.63) is 36.2 Å². The van der Waals surface area contributed by atoms with Crippen molar-refractivity contribution < 1.29 is 4.79 Å². The second kappa shape index (κ2) is 3.97. The first-order valence-electron chi connectivity index (χ1n) is 4.40. The summed E-state index contributed by atoms with van der Waals surface area (Å²) < 4.78 is 0. The fourth-order valence-corrected chi connectivity index (χ4v) is 1.09. The van der Waals surface area contributed by atoms with Crippen LogP contribution in [0.4, 0.5) is 0 Å². The Morgan fingerprint density at radius 3 is 2.73 bits per heavy atom. The first kappa shape index (κ1) is 9.47. The lowest BCUT2D eigenvalue weighted by Gasteiger charge is -1.95. The van der Waals surface area contributed by atoms with Gasteiger partial charge in [0.05, 0.1) is 12.2 Å². The van der Waals surface area contributed by atoms with Gasteiger partial charge in [0.25, 0.3) is 0 Å². The highest BCUT2D eigenvalue weighted by Crippen LogP contribution is 2.02. The maximum Gasteiger partial charge on any atom is 0.242 e. The van der Waals surface area contributed by atoms with Crippen LogP contribution in [-0.4, -0.2) is 32.5 Å². The highest BCUT2D eigenvalue weighted by atomic mass is 16.1. The van der Waals surface area contributed by atoms with Gasteiger partial charge in [-0.2, -0.15) is 0 Å². The van der Waals surface area contributed by atoms with Crippen LogP contribution in [0.3, 0.4) is 0 Å². The van der Waals surface area contributed by atoms with E-state index in [1.807, 2.05) is 30.3 Å². The number of rotatable bonds is 3. The van der Waals surface area contributed by atoms with Crippen molar-refractivity contribution in [1.82, 2.24) is 20.2 Å². The summed E-state index contributed by atoms with van der Waals surface area (Å²) in [6.45, 7) is -0.111. The van der Waals surface area contributed by atoms with E-state index in [9.17, 15) is 4.79 Å². The van der Waals surface area contributed by atoms with E-state index < -0.39 is 0 Å². The molecular formula is C9H9N5O. The number of Topliss-reactive ketones (excluding diaryl/α,β-unsaturated/α-hetero) is 1. The topological polar surface area (TPSA) is 86.7 Å². The molecule has 0 saturated carbocycles. The zero-order valence-electron chi connectivity index (χ0n) is 7.87. The standard InChI is InChI=1S/C9H9N5O/c10-6-8(15)9-11-13-14(12-9)7-4-2-1-3-5-7/h1-5H,6,10H2. The average molecular weight is 203 g/mol. The number of benzene rings is 1. The van der Waals surface area contributed by atoms with E-state index in [2.05, 4.69) is 15.4 Å². The van der Waals surface area contributed by atoms with E-state index >= 15 is 0 Å². The van der Waals surface area contributed by atoms with E-state index in [0.29, 0.717) is 0 Å². The first-order chi connectivity index (χ1) is 7.31. The minimum atomic E-state index is -0.322. The Labute approximate surface area is 85.7 Å². The second-order valence-corrected chi connectivity index (χ2v) is 2.87. The van der Waals surface area contributed by atoms with Crippen LogP contribution in [0.1, 0.15) is 10.6 Å². The number of carbonyl (C=O) groups is 1. The summed E-state index contributed by atoms with van der Waals surface area (Å²) >= 11 is 0. The molecule has 0 saturated heterocycles. The number of aromatic nitrogens is 4. The summed E-state index contributed by atoms with van der Waals surface area (Å²) in [6.07, 6.45) is 0. The first-order valence-corrected chi connectivity index (χ1v) is 4.40. The van der Waals surface area contributed by atoms with Gasteiger partial charge in [0, 0.05) is 0 Å². The second-order valence-electron chi connectivity index (χ2n) is 2.87. The number of ketones is 1. The van der Waals surface area contributed by atoms with Gasteiger partial charge < -0.3 is 5.73 Å². The third-order valence-electron chi connectivity index (χ3n) is 1.84. The van der Waals surface area contributed by atoms with Gasteiger partial charge in [-0.3, -0.25) is 4.79 Å². The third kappa shape index (κ3) is 1.89. The van der Waals surface area contributed by atoms with E-state index in [1.165, 1.54) is 4.80 Å². The van der Waals surface area contributed by atoms with E-state index in [1.54, 1.807) is 0 Å². The molecule has 76 valence electrons. The zero-order valence-corrected chi connectivity index (χ0v) is 7.87. The molecule has 0 aliphatic rings. The summed E-state index contributed by atoms with van der Waals surface area (Å²) in [7, 11) is 0. The Balaban J connectivity index is 2.32. The van der Waals surface area contributed by atoms with Gasteiger partial charge in [-0.05, 0) is 17.3 Å². The molecule has 0 aliphatic carbocycles. The maximum atomic E-state index is 11.2. The predicted molar refractivity (Wildman–Crippen MR) is 52.5 cm³/mol. The minimum absolute atomic E-state index is 0.0429. The third-order valence-corrected chi connectivity index (χ3v) is 1.84. The Morgan fingerprint density at radius 2 is 2.07 bits per heavy atom. The molecule has 1 aromatic heterocycles. The molecule has 0 bridgehead atoms. The van der Waals surface area contributed by atoms with Crippen LogP contribution < -0.4 is 5.73 Å². The van der Waals surface area contributed by atoms with Gasteiger partial charge in [-0.1, -0.05) is 18.2 Å². The maximum absolute atomic E-state index is 11.2. The van der Waals surface area contributed by atoms with Gasteiger partial charge in [0.1, 0.15) is 0 Å². The monoisotopic (exact) mass is 203 g/mol. The molecule has 2 aromatic rings. The highest BCUT2D eigenvalue weighted by Gasteiger charge is 2.10. The number of hydrogen-bond acceptors (Lipinski definition) is 5. The minimum Gasteiger partial charge on any atom is -0.324 e. The van der Waals surface area contributed by atoms with Gasteiger partial charge in [0.15, 0.2) is 0 Å². The summed E-state index contributed by atoms with van der Waals surface area (Å²) in [4.78, 5) is 12.4. The summed E-state index contributed by atoms with van der Waals surface area (Å²) in [5.41, 5.74) is 5.94. The largest absolute Gasteiger partial charge is 0.324 e. The quantitative estimate of drug-likeness (QED) is 0.698. The van der Waals surface area contributed by atoms with Gasteiger partial charge >= 0.3 is 0 Å². The molecule has 6 nitrogen and oxygen atoms in total. The van der Waals surface area contributed by atoms with Crippen LogP contribution in [0.25, 0.3) is 5.69 Å². The normalized spacial score (nSPS) is 10.2. The molecule has 0 spiro atoms. The fourth-order valence-electron chi connectivity index (χ4n) is 1.09. The summed E-state index contributed by atoms with van der Waals surface area (Å²) in [5.74, 6) is -0.279. The Hall–Kier alpha value is -2.08. The predicted octanol–water partition coefficient (Wildman–Crippen LogP) is -0.196. The molecule has 0 amide bonds. The van der Waals surface area contributed by atoms with Crippen molar-refractivity contribution in [3.63, 3.8) is 0 Å². The van der Waals surface area contributed by atoms with Crippen LogP contribution in [0.2, 0.25) is 0 Å². The molecule has 0 atom stereocenters. The SMILES string of the molecule is NCC(=O)c1nnn(-c2ccccc2)n1. The molecular weight excluding hydrogens is 194 g/mol. The Bertz CT molecular complexity index is 464. The van der Waals surface area contributed by atoms with Crippen molar-refractivity contribution in [2.24, 2.45) is 5.73 Å². The number of nitrogens with two attached hydrogens (primary N) is 1. The van der Waals surface area contributed by atoms with Crippen LogP contribution >= 0.6 is 0 Å². The molecule has 2 rings (SSSR count). The van der Waals surface area contributed by atoms with E-state index in [4.69, 9.17) is 5.73 Å². The molecule has 15 heavy (non-hydrogen) atoms. The zero-order chi connectivity index (χ0) is 10.7. The van der Waals surface area contributed by atoms with Crippen molar-refractivity contribution in [3.8, 4) is 5.69 Å². The molecule has 0 fully saturated rings. The summed E-state index contributed by atoms with van der Waals surface area (Å²) in [6, 6.07) is 9.22. The van der Waals surface area contributed by atoms with E-state index in [0.717, 1.165) is 5.69 Å². The molecule has 6 heteroatoms. The molecule has 0 radical (unpaired) electrons. The molecule has 1 heterocycles. The van der Waals surface area contributed by atoms with Crippen molar-refractivity contribution in [1.29, 1.82) is 0 Å². The number of carbonyl (C=O) groups excluding carboxylic acids is 1. The lowest BCUT2D eigenvalue weighted by atomic mass is 10.3. The number of para-hydroxylation sites is 1. The summed E-state index contributed by atoms with van der Waals surface area (Å²) in [5, 5.41) is 11.3. The molecule has 0 aliphatic heterocycles. The molecule has 0 unspecified atom stereocenters. The van der Waals surface area contributed by atoms with Crippen LogP contribution in [-0.2, 0) is 0 Å². The molecule has 2 N–H and O–H groups in total. The number of hydrogen-bond donors (Lipinski definition) is 1. The lowest BCUT2D eigenvalue weighted by Crippen LogP contribution is -2.15. The van der Waals surface area contributed by atoms with Crippen molar-refractivity contribution >= 4 is 5.78 Å². The van der Waals surface area contributed by atoms with Gasteiger partial charge in [0.2, 0.25) is 11.6 Å².